The van der Waals surface area contributed by atoms with Crippen molar-refractivity contribution >= 4 is 56.9 Å². The number of hydrogen-bond acceptors (Lipinski definition) is 4. The molecule has 4 heteroatoms. The first-order chi connectivity index (χ1) is 26.8. The lowest BCUT2D eigenvalue weighted by Gasteiger charge is -2.33. The van der Waals surface area contributed by atoms with Gasteiger partial charge in [-0.1, -0.05) is 70.8 Å². The lowest BCUT2D eigenvalue weighted by atomic mass is 9.98. The van der Waals surface area contributed by atoms with Crippen LogP contribution in [0.5, 0.6) is 0 Å². The van der Waals surface area contributed by atoms with Gasteiger partial charge in [0.15, 0.2) is 0 Å². The van der Waals surface area contributed by atoms with Crippen LogP contribution < -0.4 is 20.4 Å². The van der Waals surface area contributed by atoms with Crippen molar-refractivity contribution in [1.29, 1.82) is 0 Å². The molecule has 4 nitrogen and oxygen atoms in total. The van der Waals surface area contributed by atoms with Gasteiger partial charge in [0.25, 0.3) is 0 Å². The first-order valence-electron chi connectivity index (χ1n) is 19.6. The van der Waals surface area contributed by atoms with Crippen molar-refractivity contribution in [2.45, 2.75) is 69.2 Å². The number of benzene rings is 7. The summed E-state index contributed by atoms with van der Waals surface area (Å²) in [6.07, 6.45) is 0. The van der Waals surface area contributed by atoms with Crippen molar-refractivity contribution in [1.82, 2.24) is 0 Å². The van der Waals surface area contributed by atoms with Crippen molar-refractivity contribution in [3.63, 3.8) is 0 Å². The van der Waals surface area contributed by atoms with Crippen molar-refractivity contribution < 1.29 is 0 Å². The summed E-state index contributed by atoms with van der Waals surface area (Å²) in [5.74, 6) is 0. The molecule has 0 heterocycles. The maximum Gasteiger partial charge on any atom is 0.0521 e. The maximum atomic E-state index is 6.39. The van der Waals surface area contributed by atoms with Gasteiger partial charge in [0, 0.05) is 39.8 Å². The Morgan fingerprint density at radius 1 is 0.268 bits per heavy atom. The Hall–Kier alpha value is -6.26. The van der Waals surface area contributed by atoms with Crippen LogP contribution in [0.15, 0.2) is 133 Å². The summed E-state index contributed by atoms with van der Waals surface area (Å²) >= 11 is 0. The predicted molar refractivity (Wildman–Crippen MR) is 242 cm³/mol. The summed E-state index contributed by atoms with van der Waals surface area (Å²) in [6.45, 7) is 21.8. The molecule has 7 aromatic rings. The quantitative estimate of drug-likeness (QED) is 0.150. The number of nitrogen functional groups attached to an aromatic ring is 1. The van der Waals surface area contributed by atoms with Crippen LogP contribution in [0, 0.1) is 69.2 Å². The molecule has 0 unspecified atom stereocenters. The van der Waals surface area contributed by atoms with E-state index in [0.29, 0.717) is 0 Å². The maximum absolute atomic E-state index is 6.39. The topological polar surface area (TPSA) is 35.7 Å². The molecule has 7 aromatic carbocycles. The van der Waals surface area contributed by atoms with E-state index in [9.17, 15) is 0 Å². The van der Waals surface area contributed by atoms with Gasteiger partial charge in [-0.3, -0.25) is 0 Å². The largest absolute Gasteiger partial charge is 0.399 e. The van der Waals surface area contributed by atoms with Crippen LogP contribution in [0.2, 0.25) is 0 Å². The van der Waals surface area contributed by atoms with Crippen LogP contribution in [-0.2, 0) is 0 Å². The van der Waals surface area contributed by atoms with Crippen molar-refractivity contribution in [3.05, 3.63) is 189 Å². The average Bonchev–Trinajstić information content (AvgIpc) is 3.14. The molecule has 0 saturated carbocycles. The third-order valence-electron chi connectivity index (χ3n) is 10.8. The van der Waals surface area contributed by atoms with Crippen LogP contribution in [-0.4, -0.2) is 0 Å². The summed E-state index contributed by atoms with van der Waals surface area (Å²) in [5, 5.41) is 0. The summed E-state index contributed by atoms with van der Waals surface area (Å²) in [4.78, 5) is 7.15. The first-order valence-corrected chi connectivity index (χ1v) is 19.6. The molecule has 0 aromatic heterocycles. The van der Waals surface area contributed by atoms with Gasteiger partial charge < -0.3 is 20.4 Å². The third-order valence-corrected chi connectivity index (χ3v) is 10.8. The zero-order valence-electron chi connectivity index (χ0n) is 34.6. The minimum absolute atomic E-state index is 0.768. The molecule has 0 radical (unpaired) electrons. The molecule has 0 bridgehead atoms. The summed E-state index contributed by atoms with van der Waals surface area (Å²) in [6, 6.07) is 48.8. The molecule has 2 N–H and O–H groups in total. The number of rotatable bonds is 9. The Balaban J connectivity index is 1.36. The Morgan fingerprint density at radius 3 is 0.821 bits per heavy atom. The Morgan fingerprint density at radius 2 is 0.500 bits per heavy atom. The molecular weight excluding hydrogens is 681 g/mol. The van der Waals surface area contributed by atoms with Gasteiger partial charge >= 0.3 is 0 Å². The molecule has 282 valence electrons. The van der Waals surface area contributed by atoms with E-state index in [1.54, 1.807) is 0 Å². The van der Waals surface area contributed by atoms with Gasteiger partial charge in [0.05, 0.1) is 17.1 Å². The van der Waals surface area contributed by atoms with Crippen LogP contribution in [0.3, 0.4) is 0 Å². The monoisotopic (exact) mass is 734 g/mol. The summed E-state index contributed by atoms with van der Waals surface area (Å²) < 4.78 is 0. The van der Waals surface area contributed by atoms with Gasteiger partial charge in [-0.25, -0.2) is 0 Å². The average molecular weight is 735 g/mol. The highest BCUT2D eigenvalue weighted by atomic mass is 15.2. The van der Waals surface area contributed by atoms with E-state index in [4.69, 9.17) is 5.73 Å². The molecular formula is C52H54N4. The molecule has 0 aliphatic heterocycles. The normalized spacial score (nSPS) is 11.1. The molecule has 0 fully saturated rings. The standard InChI is InChI=1S/C52H54N4/c1-33-11-15-44(16-12-33)54(45-17-13-34(2)14-18-45)46-19-21-47(22-20-46)55(50-41(9)31-43(53)32-42(50)10)48-23-25-49(26-24-48)56(51-37(5)27-35(3)28-38(51)6)52-39(7)29-36(4)30-40(52)8/h11-32H,53H2,1-10H3. The number of nitrogens with zero attached hydrogens (tertiary/aromatic N) is 3. The van der Waals surface area contributed by atoms with E-state index in [0.717, 1.165) is 56.6 Å². The second kappa shape index (κ2) is 15.5. The smallest absolute Gasteiger partial charge is 0.0521 e. The fourth-order valence-corrected chi connectivity index (χ4v) is 8.51. The van der Waals surface area contributed by atoms with E-state index in [1.807, 2.05) is 0 Å². The molecule has 0 spiro atoms. The van der Waals surface area contributed by atoms with Crippen LogP contribution in [0.4, 0.5) is 56.9 Å². The predicted octanol–water partition coefficient (Wildman–Crippen LogP) is 14.8. The fourth-order valence-electron chi connectivity index (χ4n) is 8.51. The van der Waals surface area contributed by atoms with Crippen LogP contribution >= 0.6 is 0 Å². The van der Waals surface area contributed by atoms with Crippen molar-refractivity contribution in [2.24, 2.45) is 0 Å². The third kappa shape index (κ3) is 7.52. The second-order valence-electron chi connectivity index (χ2n) is 15.7. The number of hydrogen-bond donors (Lipinski definition) is 1. The zero-order chi connectivity index (χ0) is 39.8. The van der Waals surface area contributed by atoms with Crippen molar-refractivity contribution in [3.8, 4) is 0 Å². The fraction of sp³-hybridized carbons (Fsp3) is 0.192. The molecule has 0 saturated heterocycles. The first kappa shape index (κ1) is 38.0. The Bertz CT molecular complexity index is 2340. The van der Waals surface area contributed by atoms with E-state index < -0.39 is 0 Å². The minimum atomic E-state index is 0.768. The lowest BCUT2D eigenvalue weighted by molar-refractivity contribution is 1.16. The molecule has 56 heavy (non-hydrogen) atoms. The van der Waals surface area contributed by atoms with Gasteiger partial charge in [0.2, 0.25) is 0 Å². The minimum Gasteiger partial charge on any atom is -0.399 e. The van der Waals surface area contributed by atoms with Crippen LogP contribution in [0.25, 0.3) is 0 Å². The molecule has 0 amide bonds. The van der Waals surface area contributed by atoms with Gasteiger partial charge in [-0.2, -0.15) is 0 Å². The Kier molecular flexibility index (Phi) is 10.5. The van der Waals surface area contributed by atoms with Gasteiger partial charge in [-0.05, 0) is 188 Å². The Labute approximate surface area is 334 Å². The molecule has 0 aliphatic rings. The zero-order valence-corrected chi connectivity index (χ0v) is 34.6. The summed E-state index contributed by atoms with van der Waals surface area (Å²) in [5.41, 5.74) is 29.6. The van der Waals surface area contributed by atoms with Crippen LogP contribution in [0.1, 0.15) is 55.6 Å². The summed E-state index contributed by atoms with van der Waals surface area (Å²) in [7, 11) is 0. The molecule has 7 rings (SSSR count). The highest BCUT2D eigenvalue weighted by Crippen LogP contribution is 2.46. The van der Waals surface area contributed by atoms with Gasteiger partial charge in [0.1, 0.15) is 0 Å². The van der Waals surface area contributed by atoms with Gasteiger partial charge in [-0.15, -0.1) is 0 Å². The second-order valence-corrected chi connectivity index (χ2v) is 15.7. The highest BCUT2D eigenvalue weighted by Gasteiger charge is 2.23. The lowest BCUT2D eigenvalue weighted by Crippen LogP contribution is -2.17. The van der Waals surface area contributed by atoms with Crippen molar-refractivity contribution in [2.75, 3.05) is 20.4 Å². The number of nitrogens with two attached hydrogens (primary N) is 1. The highest BCUT2D eigenvalue weighted by molar-refractivity contribution is 5.87. The number of anilines is 10. The van der Waals surface area contributed by atoms with E-state index in [-0.39, 0.29) is 0 Å². The molecule has 0 aliphatic carbocycles. The number of aryl methyl sites for hydroxylation is 10. The SMILES string of the molecule is Cc1ccc(N(c2ccc(C)cc2)c2ccc(N(c3ccc(N(c4c(C)cc(C)cc4C)c4c(C)cc(C)cc4C)cc3)c3c(C)cc(N)cc3C)cc2)cc1. The van der Waals surface area contributed by atoms with E-state index in [2.05, 4.69) is 217 Å². The molecule has 0 atom stereocenters. The van der Waals surface area contributed by atoms with E-state index >= 15 is 0 Å². The van der Waals surface area contributed by atoms with E-state index in [1.165, 1.54) is 55.9 Å².